The maximum absolute atomic E-state index is 9.88. The summed E-state index contributed by atoms with van der Waals surface area (Å²) in [5, 5.41) is 19.4. The summed E-state index contributed by atoms with van der Waals surface area (Å²) < 4.78 is 0. The molecule has 2 aliphatic heterocycles. The first-order valence-corrected chi connectivity index (χ1v) is 11.3. The number of hydrogen-bond donors (Lipinski definition) is 2. The van der Waals surface area contributed by atoms with Gasteiger partial charge in [0, 0.05) is 18.1 Å². The number of aromatic nitrogens is 2. The predicted molar refractivity (Wildman–Crippen MR) is 123 cm³/mol. The molecule has 0 bridgehead atoms. The summed E-state index contributed by atoms with van der Waals surface area (Å²) in [6.45, 7) is 6.30. The van der Waals surface area contributed by atoms with Gasteiger partial charge in [-0.1, -0.05) is 42.1 Å². The molecule has 1 aromatic heterocycles. The van der Waals surface area contributed by atoms with Gasteiger partial charge in [-0.15, -0.1) is 0 Å². The van der Waals surface area contributed by atoms with E-state index in [1.165, 1.54) is 37.7 Å². The van der Waals surface area contributed by atoms with Crippen LogP contribution in [0.2, 0.25) is 0 Å². The first-order chi connectivity index (χ1) is 14.7. The van der Waals surface area contributed by atoms with Gasteiger partial charge in [0.2, 0.25) is 5.95 Å². The minimum Gasteiger partial charge on any atom is -0.354 e. The molecule has 0 aliphatic carbocycles. The molecular weight excluding hydrogens is 392 g/mol. The molecule has 3 heterocycles. The number of nitrogens with zero attached hydrogens (tertiary/aromatic N) is 4. The maximum atomic E-state index is 9.88. The predicted octanol–water partition coefficient (Wildman–Crippen LogP) is 4.21. The molecule has 0 atom stereocenters. The number of nitrogens with one attached hydrogen (secondary N) is 2. The first-order valence-electron chi connectivity index (χ1n) is 10.4. The Kier molecular flexibility index (Phi) is 6.67. The number of thioether (sulfide) groups is 1. The fourth-order valence-corrected chi connectivity index (χ4v) is 4.54. The molecular formula is C23H26N6S. The molecule has 30 heavy (non-hydrogen) atoms. The summed E-state index contributed by atoms with van der Waals surface area (Å²) in [5.41, 5.74) is 4.19. The summed E-state index contributed by atoms with van der Waals surface area (Å²) in [6, 6.07) is 12.4. The molecule has 0 spiro atoms. The number of nitriles is 1. The van der Waals surface area contributed by atoms with Crippen LogP contribution in [0.5, 0.6) is 0 Å². The smallest absolute Gasteiger partial charge is 0.223 e. The molecule has 1 saturated heterocycles. The third-order valence-corrected chi connectivity index (χ3v) is 6.20. The van der Waals surface area contributed by atoms with Crippen LogP contribution in [0.15, 0.2) is 47.0 Å². The van der Waals surface area contributed by atoms with Crippen molar-refractivity contribution in [3.8, 4) is 6.07 Å². The van der Waals surface area contributed by atoms with Crippen molar-refractivity contribution >= 4 is 29.0 Å². The highest BCUT2D eigenvalue weighted by molar-refractivity contribution is 8.06. The van der Waals surface area contributed by atoms with E-state index in [0.717, 1.165) is 41.4 Å². The van der Waals surface area contributed by atoms with Crippen molar-refractivity contribution in [2.45, 2.75) is 26.2 Å². The van der Waals surface area contributed by atoms with Crippen LogP contribution in [0.3, 0.4) is 0 Å². The Bertz CT molecular complexity index is 986. The summed E-state index contributed by atoms with van der Waals surface area (Å²) >= 11 is 1.52. The minimum absolute atomic E-state index is 0.544. The lowest BCUT2D eigenvalue weighted by Gasteiger charge is -2.14. The van der Waals surface area contributed by atoms with Crippen LogP contribution in [-0.2, 0) is 0 Å². The van der Waals surface area contributed by atoms with Gasteiger partial charge < -0.3 is 15.5 Å². The van der Waals surface area contributed by atoms with E-state index in [-0.39, 0.29) is 0 Å². The van der Waals surface area contributed by atoms with Crippen LogP contribution in [-0.4, -0.2) is 41.0 Å². The molecule has 2 aliphatic rings. The standard InChI is InChI=1S/C23H26N6S/c1-17-15-26-23(25-10-7-13-29-11-5-6-12-29)28-21(17)19(14-24)22-27-20(16-30-22)18-8-3-2-4-9-18/h2-4,8-9,15-16,27H,5-7,10-13H2,1H3,(H,25,26,28). The SMILES string of the molecule is Cc1cnc(NCCCN2CCCC2)nc1C(C#N)=C1NC(c2ccccc2)=CS1. The molecule has 1 fully saturated rings. The highest BCUT2D eigenvalue weighted by atomic mass is 32.2. The van der Waals surface area contributed by atoms with Gasteiger partial charge >= 0.3 is 0 Å². The number of aryl methyl sites for hydroxylation is 1. The van der Waals surface area contributed by atoms with Crippen LogP contribution in [0.4, 0.5) is 5.95 Å². The average Bonchev–Trinajstić information content (AvgIpc) is 3.47. The van der Waals surface area contributed by atoms with E-state index < -0.39 is 0 Å². The number of benzene rings is 1. The van der Waals surface area contributed by atoms with Crippen molar-refractivity contribution < 1.29 is 0 Å². The third kappa shape index (κ3) is 4.84. The molecule has 0 amide bonds. The molecule has 2 N–H and O–H groups in total. The summed E-state index contributed by atoms with van der Waals surface area (Å²) in [7, 11) is 0. The van der Waals surface area contributed by atoms with Crippen molar-refractivity contribution in [3.63, 3.8) is 0 Å². The van der Waals surface area contributed by atoms with Crippen LogP contribution in [0.1, 0.15) is 36.1 Å². The average molecular weight is 419 g/mol. The molecule has 2 aromatic rings. The lowest BCUT2D eigenvalue weighted by atomic mass is 10.1. The quantitative estimate of drug-likeness (QED) is 0.515. The topological polar surface area (TPSA) is 76.9 Å². The van der Waals surface area contributed by atoms with Gasteiger partial charge in [0.25, 0.3) is 0 Å². The molecule has 154 valence electrons. The van der Waals surface area contributed by atoms with E-state index in [9.17, 15) is 5.26 Å². The monoisotopic (exact) mass is 418 g/mol. The maximum Gasteiger partial charge on any atom is 0.223 e. The van der Waals surface area contributed by atoms with Crippen LogP contribution >= 0.6 is 11.8 Å². The number of rotatable bonds is 7. The van der Waals surface area contributed by atoms with Crippen molar-refractivity contribution in [3.05, 3.63) is 63.8 Å². The van der Waals surface area contributed by atoms with Gasteiger partial charge in [0.1, 0.15) is 11.6 Å². The Hall–Kier alpha value is -2.82. The fraction of sp³-hybridized carbons (Fsp3) is 0.348. The molecule has 1 aromatic carbocycles. The lowest BCUT2D eigenvalue weighted by molar-refractivity contribution is 0.337. The van der Waals surface area contributed by atoms with Gasteiger partial charge in [-0.25, -0.2) is 9.97 Å². The fourth-order valence-electron chi connectivity index (χ4n) is 3.68. The minimum atomic E-state index is 0.544. The van der Waals surface area contributed by atoms with Crippen molar-refractivity contribution in [2.75, 3.05) is 31.5 Å². The summed E-state index contributed by atoms with van der Waals surface area (Å²) in [6.07, 6.45) is 5.47. The molecule has 6 nitrogen and oxygen atoms in total. The number of likely N-dealkylation sites (tertiary alicyclic amines) is 1. The second-order valence-corrected chi connectivity index (χ2v) is 8.39. The Morgan fingerprint density at radius 1 is 1.27 bits per heavy atom. The van der Waals surface area contributed by atoms with Crippen LogP contribution < -0.4 is 10.6 Å². The highest BCUT2D eigenvalue weighted by Crippen LogP contribution is 2.35. The highest BCUT2D eigenvalue weighted by Gasteiger charge is 2.20. The van der Waals surface area contributed by atoms with Crippen molar-refractivity contribution in [2.24, 2.45) is 0 Å². The van der Waals surface area contributed by atoms with E-state index in [1.54, 1.807) is 6.20 Å². The number of allylic oxidation sites excluding steroid dienone is 1. The van der Waals surface area contributed by atoms with Gasteiger partial charge in [-0.05, 0) is 56.9 Å². The summed E-state index contributed by atoms with van der Waals surface area (Å²) in [4.78, 5) is 11.6. The number of anilines is 1. The second-order valence-electron chi connectivity index (χ2n) is 7.51. The van der Waals surface area contributed by atoms with E-state index in [4.69, 9.17) is 0 Å². The number of hydrogen-bond acceptors (Lipinski definition) is 7. The van der Waals surface area contributed by atoms with Crippen molar-refractivity contribution in [1.82, 2.24) is 20.2 Å². The normalized spacial score (nSPS) is 17.9. The van der Waals surface area contributed by atoms with Crippen LogP contribution in [0.25, 0.3) is 11.3 Å². The Balaban J connectivity index is 1.44. The van der Waals surface area contributed by atoms with Gasteiger partial charge in [-0.2, -0.15) is 5.26 Å². The second kappa shape index (κ2) is 9.79. The largest absolute Gasteiger partial charge is 0.354 e. The van der Waals surface area contributed by atoms with E-state index in [0.29, 0.717) is 17.2 Å². The lowest BCUT2D eigenvalue weighted by Crippen LogP contribution is -2.22. The Labute approximate surface area is 182 Å². The zero-order chi connectivity index (χ0) is 20.8. The van der Waals surface area contributed by atoms with Gasteiger partial charge in [-0.3, -0.25) is 0 Å². The Morgan fingerprint density at radius 2 is 2.07 bits per heavy atom. The van der Waals surface area contributed by atoms with Gasteiger partial charge in [0.15, 0.2) is 0 Å². The van der Waals surface area contributed by atoms with E-state index >= 15 is 0 Å². The van der Waals surface area contributed by atoms with Crippen molar-refractivity contribution in [1.29, 1.82) is 5.26 Å². The van der Waals surface area contributed by atoms with Gasteiger partial charge in [0.05, 0.1) is 16.4 Å². The molecule has 0 saturated carbocycles. The van der Waals surface area contributed by atoms with Crippen LogP contribution in [0, 0.1) is 18.3 Å². The zero-order valence-corrected chi connectivity index (χ0v) is 18.0. The van der Waals surface area contributed by atoms with E-state index in [1.807, 2.05) is 30.5 Å². The molecule has 4 rings (SSSR count). The molecule has 0 unspecified atom stereocenters. The molecule has 0 radical (unpaired) electrons. The van der Waals surface area contributed by atoms with E-state index in [2.05, 4.69) is 43.7 Å². The first kappa shape index (κ1) is 20.5. The Morgan fingerprint density at radius 3 is 2.83 bits per heavy atom. The zero-order valence-electron chi connectivity index (χ0n) is 17.2. The third-order valence-electron chi connectivity index (χ3n) is 5.31. The summed E-state index contributed by atoms with van der Waals surface area (Å²) in [5.74, 6) is 0.574. The molecule has 7 heteroatoms.